The zero-order valence-corrected chi connectivity index (χ0v) is 7.99. The summed E-state index contributed by atoms with van der Waals surface area (Å²) in [5, 5.41) is 0. The third-order valence-electron chi connectivity index (χ3n) is 1.55. The van der Waals surface area contributed by atoms with E-state index in [9.17, 15) is 18.0 Å². The molecule has 0 aromatic heterocycles. The Hall–Kier alpha value is -1.98. The monoisotopic (exact) mass is 231 g/mol. The number of nitrogens with two attached hydrogens (primary N) is 1. The maximum atomic E-state index is 11.8. The zero-order chi connectivity index (χ0) is 12.2. The molecule has 3 nitrogen and oxygen atoms in total. The number of amides is 1. The van der Waals surface area contributed by atoms with Crippen molar-refractivity contribution in [2.45, 2.75) is 6.36 Å². The number of ether oxygens (including phenoxy) is 1. The lowest BCUT2D eigenvalue weighted by Gasteiger charge is -2.08. The van der Waals surface area contributed by atoms with Gasteiger partial charge in [-0.15, -0.1) is 13.2 Å². The van der Waals surface area contributed by atoms with E-state index in [4.69, 9.17) is 5.73 Å². The molecule has 1 amide bonds. The molecule has 0 atom stereocenters. The standard InChI is InChI=1S/C10H8F3NO2/c11-10(12,13)16-8-4-1-7(2-5-8)3-6-9(14)15/h1-6H,(H2,14,15)/b6-3+. The second-order valence-corrected chi connectivity index (χ2v) is 2.85. The number of halogens is 3. The summed E-state index contributed by atoms with van der Waals surface area (Å²) in [4.78, 5) is 10.4. The van der Waals surface area contributed by atoms with Crippen molar-refractivity contribution in [3.05, 3.63) is 35.9 Å². The smallest absolute Gasteiger partial charge is 0.406 e. The Morgan fingerprint density at radius 2 is 1.81 bits per heavy atom. The molecule has 0 radical (unpaired) electrons. The lowest BCUT2D eigenvalue weighted by atomic mass is 10.2. The first kappa shape index (κ1) is 12.1. The van der Waals surface area contributed by atoms with Crippen LogP contribution in [0.4, 0.5) is 13.2 Å². The molecule has 0 aliphatic heterocycles. The molecule has 6 heteroatoms. The topological polar surface area (TPSA) is 52.3 Å². The molecule has 86 valence electrons. The number of hydrogen-bond acceptors (Lipinski definition) is 2. The largest absolute Gasteiger partial charge is 0.573 e. The highest BCUT2D eigenvalue weighted by atomic mass is 19.4. The lowest BCUT2D eigenvalue weighted by Crippen LogP contribution is -2.16. The minimum absolute atomic E-state index is 0.316. The van der Waals surface area contributed by atoms with Crippen LogP contribution in [0.25, 0.3) is 6.08 Å². The van der Waals surface area contributed by atoms with E-state index in [1.165, 1.54) is 18.2 Å². The molecular weight excluding hydrogens is 223 g/mol. The number of rotatable bonds is 3. The predicted octanol–water partition coefficient (Wildman–Crippen LogP) is 2.08. The molecule has 2 N–H and O–H groups in total. The normalized spacial score (nSPS) is 11.7. The molecule has 16 heavy (non-hydrogen) atoms. The average Bonchev–Trinajstić information content (AvgIpc) is 2.14. The van der Waals surface area contributed by atoms with Crippen LogP contribution in [0, 0.1) is 0 Å². The highest BCUT2D eigenvalue weighted by Crippen LogP contribution is 2.22. The van der Waals surface area contributed by atoms with Crippen molar-refractivity contribution < 1.29 is 22.7 Å². The minimum Gasteiger partial charge on any atom is -0.406 e. The van der Waals surface area contributed by atoms with Crippen LogP contribution < -0.4 is 10.5 Å². The van der Waals surface area contributed by atoms with E-state index in [2.05, 4.69) is 4.74 Å². The quantitative estimate of drug-likeness (QED) is 0.809. The molecule has 0 aliphatic rings. The molecule has 1 aromatic carbocycles. The van der Waals surface area contributed by atoms with Crippen molar-refractivity contribution in [3.8, 4) is 5.75 Å². The summed E-state index contributed by atoms with van der Waals surface area (Å²) in [7, 11) is 0. The van der Waals surface area contributed by atoms with Crippen molar-refractivity contribution in [2.24, 2.45) is 5.73 Å². The Bertz CT molecular complexity index is 396. The maximum absolute atomic E-state index is 11.8. The highest BCUT2D eigenvalue weighted by molar-refractivity contribution is 5.90. The van der Waals surface area contributed by atoms with Crippen LogP contribution in [0.5, 0.6) is 5.75 Å². The van der Waals surface area contributed by atoms with E-state index in [0.717, 1.165) is 18.2 Å². The van der Waals surface area contributed by atoms with E-state index in [0.29, 0.717) is 5.56 Å². The molecule has 0 fully saturated rings. The van der Waals surface area contributed by atoms with Crippen LogP contribution >= 0.6 is 0 Å². The van der Waals surface area contributed by atoms with Crippen molar-refractivity contribution in [1.82, 2.24) is 0 Å². The Balaban J connectivity index is 2.72. The van der Waals surface area contributed by atoms with Crippen LogP contribution in [-0.4, -0.2) is 12.3 Å². The number of carbonyl (C=O) groups is 1. The van der Waals surface area contributed by atoms with Gasteiger partial charge in [0.1, 0.15) is 5.75 Å². The van der Waals surface area contributed by atoms with E-state index in [1.54, 1.807) is 0 Å². The van der Waals surface area contributed by atoms with Gasteiger partial charge in [0, 0.05) is 6.08 Å². The summed E-state index contributed by atoms with van der Waals surface area (Å²) in [6.07, 6.45) is -2.20. The van der Waals surface area contributed by atoms with Crippen molar-refractivity contribution in [2.75, 3.05) is 0 Å². The molecule has 0 bridgehead atoms. The Kier molecular flexibility index (Phi) is 3.55. The first-order valence-corrected chi connectivity index (χ1v) is 4.20. The number of hydrogen-bond donors (Lipinski definition) is 1. The summed E-state index contributed by atoms with van der Waals surface area (Å²) < 4.78 is 39.1. The van der Waals surface area contributed by atoms with Gasteiger partial charge in [-0.25, -0.2) is 0 Å². The van der Waals surface area contributed by atoms with E-state index in [-0.39, 0.29) is 5.75 Å². The van der Waals surface area contributed by atoms with Crippen LogP contribution in [0.1, 0.15) is 5.56 Å². The second-order valence-electron chi connectivity index (χ2n) is 2.85. The summed E-state index contributed by atoms with van der Waals surface area (Å²) in [6.45, 7) is 0. The van der Waals surface area contributed by atoms with Gasteiger partial charge in [0.2, 0.25) is 5.91 Å². The molecule has 0 spiro atoms. The Labute approximate surface area is 89.3 Å². The fourth-order valence-electron chi connectivity index (χ4n) is 0.959. The van der Waals surface area contributed by atoms with Gasteiger partial charge < -0.3 is 10.5 Å². The van der Waals surface area contributed by atoms with Gasteiger partial charge in [0.05, 0.1) is 0 Å². The average molecular weight is 231 g/mol. The molecule has 0 aliphatic carbocycles. The number of primary amides is 1. The highest BCUT2D eigenvalue weighted by Gasteiger charge is 2.30. The zero-order valence-electron chi connectivity index (χ0n) is 7.99. The van der Waals surface area contributed by atoms with E-state index >= 15 is 0 Å². The van der Waals surface area contributed by atoms with Crippen molar-refractivity contribution in [3.63, 3.8) is 0 Å². The van der Waals surface area contributed by atoms with Crippen LogP contribution in [-0.2, 0) is 4.79 Å². The van der Waals surface area contributed by atoms with Gasteiger partial charge in [-0.05, 0) is 23.8 Å². The molecule has 0 heterocycles. The van der Waals surface area contributed by atoms with Crippen LogP contribution in [0.15, 0.2) is 30.3 Å². The van der Waals surface area contributed by atoms with Gasteiger partial charge in [-0.3, -0.25) is 4.79 Å². The molecular formula is C10H8F3NO2. The number of benzene rings is 1. The van der Waals surface area contributed by atoms with Crippen LogP contribution in [0.2, 0.25) is 0 Å². The number of carbonyl (C=O) groups excluding carboxylic acids is 1. The van der Waals surface area contributed by atoms with E-state index in [1.807, 2.05) is 0 Å². The maximum Gasteiger partial charge on any atom is 0.573 e. The van der Waals surface area contributed by atoms with Crippen molar-refractivity contribution >= 4 is 12.0 Å². The molecule has 0 unspecified atom stereocenters. The second kappa shape index (κ2) is 4.69. The third-order valence-corrected chi connectivity index (χ3v) is 1.55. The third kappa shape index (κ3) is 4.50. The van der Waals surface area contributed by atoms with Gasteiger partial charge in [-0.2, -0.15) is 0 Å². The molecule has 0 saturated carbocycles. The van der Waals surface area contributed by atoms with Gasteiger partial charge in [0.15, 0.2) is 0 Å². The Morgan fingerprint density at radius 3 is 2.25 bits per heavy atom. The summed E-state index contributed by atoms with van der Waals surface area (Å²) >= 11 is 0. The fraction of sp³-hybridized carbons (Fsp3) is 0.100. The molecule has 1 rings (SSSR count). The number of alkyl halides is 3. The summed E-state index contributed by atoms with van der Waals surface area (Å²) in [6, 6.07) is 5.04. The fourth-order valence-corrected chi connectivity index (χ4v) is 0.959. The SMILES string of the molecule is NC(=O)/C=C/c1ccc(OC(F)(F)F)cc1. The van der Waals surface area contributed by atoms with E-state index < -0.39 is 12.3 Å². The first-order chi connectivity index (χ1) is 7.37. The summed E-state index contributed by atoms with van der Waals surface area (Å²) in [5.41, 5.74) is 5.40. The summed E-state index contributed by atoms with van der Waals surface area (Å²) in [5.74, 6) is -0.945. The van der Waals surface area contributed by atoms with Gasteiger partial charge in [0.25, 0.3) is 0 Å². The Morgan fingerprint density at radius 1 is 1.25 bits per heavy atom. The molecule has 1 aromatic rings. The minimum atomic E-state index is -4.70. The van der Waals surface area contributed by atoms with Gasteiger partial charge >= 0.3 is 6.36 Å². The first-order valence-electron chi connectivity index (χ1n) is 4.20. The van der Waals surface area contributed by atoms with Gasteiger partial charge in [-0.1, -0.05) is 12.1 Å². The van der Waals surface area contributed by atoms with Crippen molar-refractivity contribution in [1.29, 1.82) is 0 Å². The lowest BCUT2D eigenvalue weighted by molar-refractivity contribution is -0.274. The predicted molar refractivity (Wildman–Crippen MR) is 51.4 cm³/mol. The molecule has 0 saturated heterocycles. The van der Waals surface area contributed by atoms with Crippen LogP contribution in [0.3, 0.4) is 0 Å².